The first kappa shape index (κ1) is 35.0. The second-order valence-corrected chi connectivity index (χ2v) is 14.0. The van der Waals surface area contributed by atoms with E-state index in [2.05, 4.69) is 5.32 Å². The summed E-state index contributed by atoms with van der Waals surface area (Å²) in [6, 6.07) is 27.0. The molecule has 0 radical (unpaired) electrons. The lowest BCUT2D eigenvalue weighted by Crippen LogP contribution is -2.53. The van der Waals surface area contributed by atoms with Crippen LogP contribution in [0.3, 0.4) is 0 Å². The van der Waals surface area contributed by atoms with Crippen molar-refractivity contribution in [3.63, 3.8) is 0 Å². The Bertz CT molecular complexity index is 1710. The van der Waals surface area contributed by atoms with E-state index in [1.54, 1.807) is 12.1 Å². The molecular formula is C36H39Cl2N3O4S. The summed E-state index contributed by atoms with van der Waals surface area (Å²) in [5, 5.41) is 3.43. The number of hydrogen-bond donors (Lipinski definition) is 1. The molecule has 0 aliphatic carbocycles. The Balaban J connectivity index is 1.81. The highest BCUT2D eigenvalue weighted by Crippen LogP contribution is 2.30. The molecule has 4 rings (SSSR count). The van der Waals surface area contributed by atoms with Gasteiger partial charge in [0.2, 0.25) is 11.8 Å². The van der Waals surface area contributed by atoms with Crippen LogP contribution in [0.15, 0.2) is 102 Å². The van der Waals surface area contributed by atoms with Gasteiger partial charge in [0.05, 0.1) is 10.6 Å². The van der Waals surface area contributed by atoms with Crippen molar-refractivity contribution in [3.05, 3.63) is 129 Å². The number of hydrogen-bond acceptors (Lipinski definition) is 4. The number of aryl methyl sites for hydroxylation is 2. The molecule has 10 heteroatoms. The van der Waals surface area contributed by atoms with Gasteiger partial charge in [0.15, 0.2) is 0 Å². The van der Waals surface area contributed by atoms with E-state index in [4.69, 9.17) is 23.2 Å². The van der Waals surface area contributed by atoms with Gasteiger partial charge in [-0.15, -0.1) is 0 Å². The molecule has 46 heavy (non-hydrogen) atoms. The van der Waals surface area contributed by atoms with Gasteiger partial charge in [0.25, 0.3) is 10.0 Å². The fourth-order valence-electron chi connectivity index (χ4n) is 5.00. The predicted molar refractivity (Wildman–Crippen MR) is 186 cm³/mol. The van der Waals surface area contributed by atoms with Gasteiger partial charge >= 0.3 is 0 Å². The molecule has 0 bridgehead atoms. The maximum absolute atomic E-state index is 14.5. The van der Waals surface area contributed by atoms with Crippen LogP contribution in [0.2, 0.25) is 10.0 Å². The number of sulfonamides is 1. The number of unbranched alkanes of at least 4 members (excludes halogenated alkanes) is 1. The van der Waals surface area contributed by atoms with Crippen LogP contribution in [0.5, 0.6) is 0 Å². The van der Waals surface area contributed by atoms with Crippen molar-refractivity contribution in [2.24, 2.45) is 0 Å². The number of amides is 2. The van der Waals surface area contributed by atoms with E-state index in [-0.39, 0.29) is 39.5 Å². The first-order valence-corrected chi connectivity index (χ1v) is 17.4. The topological polar surface area (TPSA) is 86.8 Å². The molecule has 7 nitrogen and oxygen atoms in total. The summed E-state index contributed by atoms with van der Waals surface area (Å²) < 4.78 is 29.4. The van der Waals surface area contributed by atoms with E-state index in [1.807, 2.05) is 75.4 Å². The largest absolute Gasteiger partial charge is 0.354 e. The summed E-state index contributed by atoms with van der Waals surface area (Å²) >= 11 is 12.6. The SMILES string of the molecule is CCCCNC(=O)[C@@H](Cc1ccccc1)N(Cc1ccc(C)cc1)C(=O)CN(c1cc(Cl)cc(Cl)c1)S(=O)(=O)c1ccc(C)cc1. The third-order valence-corrected chi connectivity index (χ3v) is 9.82. The van der Waals surface area contributed by atoms with Gasteiger partial charge in [-0.05, 0) is 61.7 Å². The second-order valence-electron chi connectivity index (χ2n) is 11.3. The molecule has 0 aromatic heterocycles. The fourth-order valence-corrected chi connectivity index (χ4v) is 6.91. The van der Waals surface area contributed by atoms with E-state index in [0.717, 1.165) is 39.4 Å². The van der Waals surface area contributed by atoms with Crippen LogP contribution >= 0.6 is 23.2 Å². The molecule has 4 aromatic rings. The van der Waals surface area contributed by atoms with Crippen molar-refractivity contribution in [1.82, 2.24) is 10.2 Å². The zero-order valence-electron chi connectivity index (χ0n) is 26.2. The van der Waals surface area contributed by atoms with Crippen molar-refractivity contribution < 1.29 is 18.0 Å². The maximum Gasteiger partial charge on any atom is 0.264 e. The summed E-state index contributed by atoms with van der Waals surface area (Å²) in [6.07, 6.45) is 1.92. The highest BCUT2D eigenvalue weighted by atomic mass is 35.5. The highest BCUT2D eigenvalue weighted by molar-refractivity contribution is 7.92. The Kier molecular flexibility index (Phi) is 12.3. The van der Waals surface area contributed by atoms with Crippen molar-refractivity contribution in [3.8, 4) is 0 Å². The van der Waals surface area contributed by atoms with Crippen molar-refractivity contribution in [2.45, 2.75) is 57.5 Å². The average molecular weight is 681 g/mol. The first-order chi connectivity index (χ1) is 22.0. The summed E-state index contributed by atoms with van der Waals surface area (Å²) in [7, 11) is -4.27. The number of halogens is 2. The smallest absolute Gasteiger partial charge is 0.264 e. The fraction of sp³-hybridized carbons (Fsp3) is 0.278. The maximum atomic E-state index is 14.5. The van der Waals surface area contributed by atoms with E-state index < -0.39 is 28.5 Å². The summed E-state index contributed by atoms with van der Waals surface area (Å²) in [5.74, 6) is -0.865. The van der Waals surface area contributed by atoms with Gasteiger partial charge in [-0.2, -0.15) is 0 Å². The Morgan fingerprint density at radius 1 is 0.804 bits per heavy atom. The van der Waals surface area contributed by atoms with E-state index >= 15 is 0 Å². The second kappa shape index (κ2) is 16.1. The third-order valence-electron chi connectivity index (χ3n) is 7.60. The van der Waals surface area contributed by atoms with E-state index in [9.17, 15) is 18.0 Å². The standard InChI is InChI=1S/C36H39Cl2N3O4S/c1-4-5-19-39-36(43)34(20-28-9-7-6-8-10-28)40(24-29-15-11-26(2)12-16-29)35(42)25-41(32-22-30(37)21-31(38)23-32)46(44,45)33-17-13-27(3)14-18-33/h6-18,21-23,34H,4-5,19-20,24-25H2,1-3H3,(H,39,43)/t34-/m1/s1. The molecule has 1 atom stereocenters. The van der Waals surface area contributed by atoms with Crippen LogP contribution in [-0.2, 0) is 32.6 Å². The van der Waals surface area contributed by atoms with Gasteiger partial charge in [0, 0.05) is 29.6 Å². The molecule has 0 unspecified atom stereocenters. The van der Waals surface area contributed by atoms with E-state index in [0.29, 0.717) is 6.54 Å². The van der Waals surface area contributed by atoms with Gasteiger partial charge in [-0.25, -0.2) is 8.42 Å². The molecule has 0 saturated carbocycles. The van der Waals surface area contributed by atoms with E-state index in [1.165, 1.54) is 35.2 Å². The predicted octanol–water partition coefficient (Wildman–Crippen LogP) is 7.36. The minimum atomic E-state index is -4.27. The molecule has 2 amide bonds. The van der Waals surface area contributed by atoms with Crippen molar-refractivity contribution in [1.29, 1.82) is 0 Å². The highest BCUT2D eigenvalue weighted by Gasteiger charge is 2.34. The minimum absolute atomic E-state index is 0.00484. The number of carbonyl (C=O) groups is 2. The Labute approximate surface area is 282 Å². The molecule has 0 fully saturated rings. The number of carbonyl (C=O) groups excluding carboxylic acids is 2. The molecule has 0 saturated heterocycles. The molecule has 0 aliphatic heterocycles. The van der Waals surface area contributed by atoms with Gasteiger partial charge in [-0.3, -0.25) is 13.9 Å². The van der Waals surface area contributed by atoms with Crippen molar-refractivity contribution >= 4 is 50.7 Å². The van der Waals surface area contributed by atoms with Crippen LogP contribution in [0.4, 0.5) is 5.69 Å². The van der Waals surface area contributed by atoms with Crippen LogP contribution in [0.1, 0.15) is 42.0 Å². The molecule has 0 aliphatic rings. The summed E-state index contributed by atoms with van der Waals surface area (Å²) in [6.45, 7) is 5.82. The zero-order chi connectivity index (χ0) is 33.3. The monoisotopic (exact) mass is 679 g/mol. The first-order valence-electron chi connectivity index (χ1n) is 15.2. The number of benzene rings is 4. The third kappa shape index (κ3) is 9.34. The summed E-state index contributed by atoms with van der Waals surface area (Å²) in [4.78, 5) is 29.9. The molecule has 242 valence electrons. The van der Waals surface area contributed by atoms with Crippen LogP contribution in [0.25, 0.3) is 0 Å². The van der Waals surface area contributed by atoms with Crippen LogP contribution in [0, 0.1) is 13.8 Å². The molecule has 1 N–H and O–H groups in total. The molecular weight excluding hydrogens is 641 g/mol. The number of nitrogens with zero attached hydrogens (tertiary/aromatic N) is 2. The molecule has 0 spiro atoms. The van der Waals surface area contributed by atoms with Gasteiger partial charge in [0.1, 0.15) is 12.6 Å². The number of rotatable bonds is 14. The molecule has 0 heterocycles. The van der Waals surface area contributed by atoms with Crippen LogP contribution in [-0.4, -0.2) is 44.3 Å². The zero-order valence-corrected chi connectivity index (χ0v) is 28.6. The molecule has 4 aromatic carbocycles. The normalized spacial score (nSPS) is 11.9. The number of nitrogens with one attached hydrogen (secondary N) is 1. The van der Waals surface area contributed by atoms with Gasteiger partial charge in [-0.1, -0.05) is 114 Å². The lowest BCUT2D eigenvalue weighted by Gasteiger charge is -2.34. The van der Waals surface area contributed by atoms with Gasteiger partial charge < -0.3 is 10.2 Å². The lowest BCUT2D eigenvalue weighted by atomic mass is 10.0. The number of anilines is 1. The Morgan fingerprint density at radius 3 is 1.98 bits per heavy atom. The Morgan fingerprint density at radius 2 is 1.39 bits per heavy atom. The van der Waals surface area contributed by atoms with Crippen molar-refractivity contribution in [2.75, 3.05) is 17.4 Å². The summed E-state index contributed by atoms with van der Waals surface area (Å²) in [5.41, 5.74) is 3.74. The Hall–Kier alpha value is -3.85. The minimum Gasteiger partial charge on any atom is -0.354 e. The van der Waals surface area contributed by atoms with Crippen LogP contribution < -0.4 is 9.62 Å². The average Bonchev–Trinajstić information content (AvgIpc) is 3.02. The lowest BCUT2D eigenvalue weighted by molar-refractivity contribution is -0.140. The quantitative estimate of drug-likeness (QED) is 0.141.